The fraction of sp³-hybridized carbons (Fsp3) is 0.391. The van der Waals surface area contributed by atoms with E-state index in [9.17, 15) is 18.0 Å². The van der Waals surface area contributed by atoms with Crippen LogP contribution in [0.15, 0.2) is 36.7 Å². The van der Waals surface area contributed by atoms with Crippen LogP contribution in [-0.4, -0.2) is 44.4 Å². The number of aryl methyl sites for hydroxylation is 3. The fourth-order valence-corrected chi connectivity index (χ4v) is 4.28. The standard InChI is InChI=1S/C23H23F3N6O2/c1-22(11-34-12-22)29-18-8-14(6-7-19-30-27-13-31(19)2)9-20(28-18)32-10-16-15(21(32)33)4-3-5-17(16)23(24,25)26/h3-5,8-9,13H,6-7,10-12H2,1-2H3,(H,28,29). The molecule has 1 N–H and O–H groups in total. The van der Waals surface area contributed by atoms with Gasteiger partial charge in [0.15, 0.2) is 0 Å². The first-order chi connectivity index (χ1) is 16.1. The van der Waals surface area contributed by atoms with Gasteiger partial charge in [-0.1, -0.05) is 6.07 Å². The fourth-order valence-electron chi connectivity index (χ4n) is 4.28. The number of carbonyl (C=O) groups is 1. The SMILES string of the molecule is Cn1cnnc1CCc1cc(NC2(C)COC2)nc(N2Cc3c(cccc3C(F)(F)F)C2=O)c1. The molecule has 3 aromatic rings. The van der Waals surface area contributed by atoms with Gasteiger partial charge in [-0.3, -0.25) is 9.69 Å². The van der Waals surface area contributed by atoms with Gasteiger partial charge in [0.1, 0.15) is 23.8 Å². The quantitative estimate of drug-likeness (QED) is 0.592. The van der Waals surface area contributed by atoms with E-state index in [1.165, 1.54) is 17.0 Å². The van der Waals surface area contributed by atoms with Gasteiger partial charge in [0.2, 0.25) is 0 Å². The Bertz CT molecular complexity index is 1250. The number of pyridine rings is 1. The molecule has 4 heterocycles. The van der Waals surface area contributed by atoms with Crippen molar-refractivity contribution < 1.29 is 22.7 Å². The number of hydrogen-bond donors (Lipinski definition) is 1. The van der Waals surface area contributed by atoms with Gasteiger partial charge in [-0.2, -0.15) is 13.2 Å². The Kier molecular flexibility index (Phi) is 5.31. The average Bonchev–Trinajstić information content (AvgIpc) is 3.33. The molecule has 0 saturated carbocycles. The third kappa shape index (κ3) is 4.11. The van der Waals surface area contributed by atoms with Crippen LogP contribution in [0.2, 0.25) is 0 Å². The Labute approximate surface area is 193 Å². The maximum Gasteiger partial charge on any atom is 0.416 e. The van der Waals surface area contributed by atoms with Gasteiger partial charge in [0.25, 0.3) is 5.91 Å². The van der Waals surface area contributed by atoms with Crippen molar-refractivity contribution in [3.63, 3.8) is 0 Å². The van der Waals surface area contributed by atoms with E-state index in [1.54, 1.807) is 12.4 Å². The number of ether oxygens (including phenoxy) is 1. The molecule has 1 fully saturated rings. The number of anilines is 2. The maximum atomic E-state index is 13.5. The van der Waals surface area contributed by atoms with Crippen molar-refractivity contribution in [1.82, 2.24) is 19.7 Å². The molecular weight excluding hydrogens is 449 g/mol. The molecule has 1 saturated heterocycles. The van der Waals surface area contributed by atoms with Crippen LogP contribution < -0.4 is 10.2 Å². The average molecular weight is 472 g/mol. The normalized spacial score (nSPS) is 17.0. The van der Waals surface area contributed by atoms with Gasteiger partial charge in [-0.25, -0.2) is 4.98 Å². The van der Waals surface area contributed by atoms with E-state index >= 15 is 0 Å². The number of aromatic nitrogens is 4. The molecule has 0 atom stereocenters. The van der Waals surface area contributed by atoms with E-state index in [0.29, 0.717) is 37.7 Å². The Hall–Kier alpha value is -3.47. The molecule has 1 amide bonds. The minimum atomic E-state index is -4.54. The minimum absolute atomic E-state index is 0.0276. The third-order valence-corrected chi connectivity index (χ3v) is 6.13. The smallest absolute Gasteiger partial charge is 0.376 e. The molecule has 0 bridgehead atoms. The zero-order valence-corrected chi connectivity index (χ0v) is 18.7. The number of alkyl halides is 3. The number of nitrogens with one attached hydrogen (secondary N) is 1. The minimum Gasteiger partial charge on any atom is -0.376 e. The second-order valence-electron chi connectivity index (χ2n) is 8.98. The zero-order valence-electron chi connectivity index (χ0n) is 18.7. The second kappa shape index (κ2) is 8.08. The summed E-state index contributed by atoms with van der Waals surface area (Å²) in [5.41, 5.74) is -0.195. The number of amides is 1. The molecule has 2 aliphatic heterocycles. The molecule has 0 radical (unpaired) electrons. The molecule has 11 heteroatoms. The molecule has 1 aromatic carbocycles. The van der Waals surface area contributed by atoms with Gasteiger partial charge in [-0.05, 0) is 48.7 Å². The number of halogens is 3. The predicted octanol–water partition coefficient (Wildman–Crippen LogP) is 3.38. The van der Waals surface area contributed by atoms with Gasteiger partial charge in [0, 0.05) is 19.0 Å². The molecule has 8 nitrogen and oxygen atoms in total. The Balaban J connectivity index is 1.48. The maximum absolute atomic E-state index is 13.5. The summed E-state index contributed by atoms with van der Waals surface area (Å²) in [6.45, 7) is 2.83. The van der Waals surface area contributed by atoms with Crippen LogP contribution in [0, 0.1) is 0 Å². The van der Waals surface area contributed by atoms with Crippen molar-refractivity contribution in [3.05, 3.63) is 64.7 Å². The summed E-state index contributed by atoms with van der Waals surface area (Å²) in [6.07, 6.45) is -1.73. The summed E-state index contributed by atoms with van der Waals surface area (Å²) in [6, 6.07) is 7.33. The molecule has 0 unspecified atom stereocenters. The van der Waals surface area contributed by atoms with Crippen molar-refractivity contribution in [2.24, 2.45) is 7.05 Å². The third-order valence-electron chi connectivity index (χ3n) is 6.13. The number of carbonyl (C=O) groups excluding carboxylic acids is 1. The molecule has 2 aromatic heterocycles. The number of hydrogen-bond acceptors (Lipinski definition) is 6. The molecule has 5 rings (SSSR count). The number of nitrogens with zero attached hydrogens (tertiary/aromatic N) is 5. The first kappa shape index (κ1) is 22.3. The topological polar surface area (TPSA) is 85.2 Å². The molecule has 178 valence electrons. The summed E-state index contributed by atoms with van der Waals surface area (Å²) in [7, 11) is 1.86. The highest BCUT2D eigenvalue weighted by Crippen LogP contribution is 2.38. The lowest BCUT2D eigenvalue weighted by atomic mass is 10.0. The monoisotopic (exact) mass is 472 g/mol. The number of benzene rings is 1. The van der Waals surface area contributed by atoms with Gasteiger partial charge in [0.05, 0.1) is 30.9 Å². The van der Waals surface area contributed by atoms with E-state index in [-0.39, 0.29) is 23.2 Å². The summed E-state index contributed by atoms with van der Waals surface area (Å²) in [5, 5.41) is 11.3. The van der Waals surface area contributed by atoms with Crippen LogP contribution in [0.3, 0.4) is 0 Å². The van der Waals surface area contributed by atoms with Crippen molar-refractivity contribution >= 4 is 17.5 Å². The highest BCUT2D eigenvalue weighted by atomic mass is 19.4. The van der Waals surface area contributed by atoms with Crippen molar-refractivity contribution in [1.29, 1.82) is 0 Å². The zero-order chi connectivity index (χ0) is 24.1. The molecule has 0 aliphatic carbocycles. The summed E-state index contributed by atoms with van der Waals surface area (Å²) in [5.74, 6) is 1.14. The first-order valence-corrected chi connectivity index (χ1v) is 10.8. The van der Waals surface area contributed by atoms with Crippen molar-refractivity contribution in [2.45, 2.75) is 38.0 Å². The molecule has 2 aliphatic rings. The Morgan fingerprint density at radius 3 is 2.65 bits per heavy atom. The summed E-state index contributed by atoms with van der Waals surface area (Å²) >= 11 is 0. The molecular formula is C23H23F3N6O2. The van der Waals surface area contributed by atoms with Crippen LogP contribution in [0.1, 0.15) is 39.8 Å². The molecule has 34 heavy (non-hydrogen) atoms. The van der Waals surface area contributed by atoms with Crippen LogP contribution >= 0.6 is 0 Å². The lowest BCUT2D eigenvalue weighted by molar-refractivity contribution is -0.138. The largest absolute Gasteiger partial charge is 0.416 e. The lowest BCUT2D eigenvalue weighted by Crippen LogP contribution is -2.53. The van der Waals surface area contributed by atoms with E-state index in [2.05, 4.69) is 20.5 Å². The van der Waals surface area contributed by atoms with Crippen LogP contribution in [0.4, 0.5) is 24.8 Å². The van der Waals surface area contributed by atoms with Crippen molar-refractivity contribution in [2.75, 3.05) is 23.4 Å². The van der Waals surface area contributed by atoms with Gasteiger partial charge >= 0.3 is 6.18 Å². The van der Waals surface area contributed by atoms with Crippen LogP contribution in [-0.2, 0) is 37.3 Å². The Morgan fingerprint density at radius 1 is 1.21 bits per heavy atom. The number of rotatable bonds is 6. The first-order valence-electron chi connectivity index (χ1n) is 10.8. The van der Waals surface area contributed by atoms with E-state index in [1.807, 2.05) is 24.6 Å². The summed E-state index contributed by atoms with van der Waals surface area (Å²) < 4.78 is 47.8. The van der Waals surface area contributed by atoms with Crippen LogP contribution in [0.5, 0.6) is 0 Å². The van der Waals surface area contributed by atoms with E-state index < -0.39 is 17.6 Å². The highest BCUT2D eigenvalue weighted by molar-refractivity contribution is 6.10. The Morgan fingerprint density at radius 2 is 2.00 bits per heavy atom. The van der Waals surface area contributed by atoms with Gasteiger partial charge < -0.3 is 14.6 Å². The van der Waals surface area contributed by atoms with Crippen molar-refractivity contribution in [3.8, 4) is 0 Å². The highest BCUT2D eigenvalue weighted by Gasteiger charge is 2.40. The van der Waals surface area contributed by atoms with Crippen LogP contribution in [0.25, 0.3) is 0 Å². The van der Waals surface area contributed by atoms with Gasteiger partial charge in [-0.15, -0.1) is 10.2 Å². The van der Waals surface area contributed by atoms with E-state index in [0.717, 1.165) is 17.5 Å². The predicted molar refractivity (Wildman–Crippen MR) is 117 cm³/mol. The lowest BCUT2D eigenvalue weighted by Gasteiger charge is -2.39. The number of fused-ring (bicyclic) bond motifs is 1. The summed E-state index contributed by atoms with van der Waals surface area (Å²) in [4.78, 5) is 19.0. The van der Waals surface area contributed by atoms with E-state index in [4.69, 9.17) is 4.74 Å². The second-order valence-corrected chi connectivity index (χ2v) is 8.98. The molecule has 0 spiro atoms.